The second-order valence-corrected chi connectivity index (χ2v) is 3.80. The van der Waals surface area contributed by atoms with E-state index in [9.17, 15) is 4.79 Å². The van der Waals surface area contributed by atoms with Crippen LogP contribution in [0.15, 0.2) is 0 Å². The molecule has 2 fully saturated rings. The zero-order valence-electron chi connectivity index (χ0n) is 6.88. The molecule has 1 heterocycles. The Kier molecular flexibility index (Phi) is 1.95. The molecule has 0 amide bonds. The predicted octanol–water partition coefficient (Wildman–Crippen LogP) is 0.0814. The third kappa shape index (κ3) is 1.32. The van der Waals surface area contributed by atoms with Gasteiger partial charge in [-0.05, 0) is 12.8 Å². The maximum Gasteiger partial charge on any atom is 0.147 e. The minimum Gasteiger partial charge on any atom is -0.343 e. The first-order valence-corrected chi connectivity index (χ1v) is 4.74. The lowest BCUT2D eigenvalue weighted by atomic mass is 9.79. The number of nitrogens with two attached hydrogens (primary N) is 1. The van der Waals surface area contributed by atoms with Crippen molar-refractivity contribution >= 4 is 5.78 Å². The Morgan fingerprint density at radius 1 is 1.27 bits per heavy atom. The van der Waals surface area contributed by atoms with Crippen molar-refractivity contribution < 1.29 is 10.1 Å². The van der Waals surface area contributed by atoms with Crippen LogP contribution in [0.4, 0.5) is 0 Å². The van der Waals surface area contributed by atoms with Gasteiger partial charge in [0.05, 0.1) is 24.9 Å². The first-order valence-electron chi connectivity index (χ1n) is 4.74. The van der Waals surface area contributed by atoms with Crippen molar-refractivity contribution in [2.24, 2.45) is 5.92 Å². The Bertz CT molecular complexity index is 165. The van der Waals surface area contributed by atoms with Gasteiger partial charge in [-0.2, -0.15) is 0 Å². The third-order valence-electron chi connectivity index (χ3n) is 3.09. The Labute approximate surface area is 67.4 Å². The molecule has 0 spiro atoms. The van der Waals surface area contributed by atoms with Crippen molar-refractivity contribution in [2.75, 3.05) is 6.54 Å². The zero-order chi connectivity index (χ0) is 7.68. The molecule has 0 aromatic heterocycles. The monoisotopic (exact) mass is 154 g/mol. The van der Waals surface area contributed by atoms with E-state index in [1.165, 1.54) is 25.7 Å². The molecule has 2 atom stereocenters. The van der Waals surface area contributed by atoms with E-state index in [0.29, 0.717) is 17.7 Å². The van der Waals surface area contributed by atoms with Crippen LogP contribution in [0.2, 0.25) is 0 Å². The molecule has 0 aromatic rings. The summed E-state index contributed by atoms with van der Waals surface area (Å²) < 4.78 is 0. The molecule has 62 valence electrons. The van der Waals surface area contributed by atoms with Gasteiger partial charge >= 0.3 is 0 Å². The fraction of sp³-hybridized carbons (Fsp3) is 0.889. The number of ketones is 1. The number of carbonyl (C=O) groups excluding carboxylic acids is 1. The van der Waals surface area contributed by atoms with E-state index in [4.69, 9.17) is 0 Å². The summed E-state index contributed by atoms with van der Waals surface area (Å²) in [6.07, 6.45) is 5.88. The Morgan fingerprint density at radius 3 is 2.91 bits per heavy atom. The zero-order valence-corrected chi connectivity index (χ0v) is 6.88. The van der Waals surface area contributed by atoms with Gasteiger partial charge in [0.15, 0.2) is 0 Å². The summed E-state index contributed by atoms with van der Waals surface area (Å²) in [6, 6.07) is 0.657. The van der Waals surface area contributed by atoms with Crippen molar-refractivity contribution in [2.45, 2.75) is 38.1 Å². The number of fused-ring (bicyclic) bond motifs is 1. The van der Waals surface area contributed by atoms with Gasteiger partial charge in [0.25, 0.3) is 0 Å². The van der Waals surface area contributed by atoms with Crippen molar-refractivity contribution in [1.82, 2.24) is 0 Å². The quantitative estimate of drug-likeness (QED) is 0.527. The van der Waals surface area contributed by atoms with Crippen LogP contribution in [0.25, 0.3) is 0 Å². The molecule has 0 bridgehead atoms. The summed E-state index contributed by atoms with van der Waals surface area (Å²) in [5.41, 5.74) is 0. The molecule has 1 aliphatic carbocycles. The van der Waals surface area contributed by atoms with Crippen LogP contribution in [0, 0.1) is 5.92 Å². The number of Topliss-reactive ketones (excluding diaryl/α,β-unsaturated/α-hetero) is 1. The highest BCUT2D eigenvalue weighted by molar-refractivity contribution is 5.82. The van der Waals surface area contributed by atoms with Gasteiger partial charge in [0.1, 0.15) is 5.78 Å². The highest BCUT2D eigenvalue weighted by Crippen LogP contribution is 2.25. The SMILES string of the molecule is O=C1CC[NH2+][C@H]2CCCC[C@@H]12. The molecule has 2 aliphatic rings. The first kappa shape index (κ1) is 7.29. The van der Waals surface area contributed by atoms with E-state index < -0.39 is 0 Å². The highest BCUT2D eigenvalue weighted by Gasteiger charge is 2.36. The van der Waals surface area contributed by atoms with Gasteiger partial charge < -0.3 is 5.32 Å². The van der Waals surface area contributed by atoms with Gasteiger partial charge in [-0.15, -0.1) is 0 Å². The van der Waals surface area contributed by atoms with Crippen LogP contribution in [0.1, 0.15) is 32.1 Å². The van der Waals surface area contributed by atoms with Crippen LogP contribution in [-0.4, -0.2) is 18.4 Å². The highest BCUT2D eigenvalue weighted by atomic mass is 16.1. The van der Waals surface area contributed by atoms with E-state index in [0.717, 1.165) is 13.0 Å². The first-order chi connectivity index (χ1) is 5.38. The summed E-state index contributed by atoms with van der Waals surface area (Å²) in [5, 5.41) is 2.38. The van der Waals surface area contributed by atoms with E-state index in [2.05, 4.69) is 5.32 Å². The van der Waals surface area contributed by atoms with Crippen molar-refractivity contribution in [3.8, 4) is 0 Å². The predicted molar refractivity (Wildman–Crippen MR) is 42.2 cm³/mol. The van der Waals surface area contributed by atoms with E-state index in [-0.39, 0.29) is 0 Å². The molecule has 1 aliphatic heterocycles. The molecule has 1 saturated carbocycles. The number of carbonyl (C=O) groups is 1. The van der Waals surface area contributed by atoms with Gasteiger partial charge in [0.2, 0.25) is 0 Å². The molecule has 2 nitrogen and oxygen atoms in total. The average molecular weight is 154 g/mol. The second kappa shape index (κ2) is 2.94. The van der Waals surface area contributed by atoms with Crippen LogP contribution in [-0.2, 0) is 4.79 Å². The van der Waals surface area contributed by atoms with Crippen LogP contribution < -0.4 is 5.32 Å². The molecule has 0 aromatic carbocycles. The van der Waals surface area contributed by atoms with E-state index in [1.54, 1.807) is 0 Å². The lowest BCUT2D eigenvalue weighted by molar-refractivity contribution is -0.699. The summed E-state index contributed by atoms with van der Waals surface area (Å²) in [4.78, 5) is 11.4. The van der Waals surface area contributed by atoms with E-state index >= 15 is 0 Å². The minimum absolute atomic E-state index is 0.428. The number of rotatable bonds is 0. The van der Waals surface area contributed by atoms with Gasteiger partial charge in [-0.3, -0.25) is 4.79 Å². The maximum absolute atomic E-state index is 11.4. The van der Waals surface area contributed by atoms with Gasteiger partial charge in [-0.1, -0.05) is 6.42 Å². The fourth-order valence-electron chi connectivity index (χ4n) is 2.47. The molecule has 2 rings (SSSR count). The normalized spacial score (nSPS) is 38.4. The molecule has 2 heteroatoms. The van der Waals surface area contributed by atoms with Crippen LogP contribution >= 0.6 is 0 Å². The fourth-order valence-corrected chi connectivity index (χ4v) is 2.47. The molecular weight excluding hydrogens is 138 g/mol. The van der Waals surface area contributed by atoms with Gasteiger partial charge in [0, 0.05) is 6.42 Å². The summed E-state index contributed by atoms with van der Waals surface area (Å²) in [7, 11) is 0. The average Bonchev–Trinajstić information content (AvgIpc) is 2.06. The lowest BCUT2D eigenvalue weighted by Crippen LogP contribution is -2.94. The van der Waals surface area contributed by atoms with Crippen molar-refractivity contribution in [3.63, 3.8) is 0 Å². The third-order valence-corrected chi connectivity index (χ3v) is 3.09. The molecule has 0 unspecified atom stereocenters. The molecule has 0 radical (unpaired) electrons. The van der Waals surface area contributed by atoms with Crippen molar-refractivity contribution in [1.29, 1.82) is 0 Å². The maximum atomic E-state index is 11.4. The number of quaternary nitrogens is 1. The van der Waals surface area contributed by atoms with Crippen molar-refractivity contribution in [3.05, 3.63) is 0 Å². The molecule has 1 saturated heterocycles. The minimum atomic E-state index is 0.428. The Balaban J connectivity index is 2.05. The Hall–Kier alpha value is -0.370. The summed E-state index contributed by atoms with van der Waals surface area (Å²) in [5.74, 6) is 0.967. The molecule has 11 heavy (non-hydrogen) atoms. The Morgan fingerprint density at radius 2 is 2.09 bits per heavy atom. The molecular formula is C9H16NO+. The summed E-state index contributed by atoms with van der Waals surface area (Å²) in [6.45, 7) is 1.04. The number of piperidine rings is 1. The lowest BCUT2D eigenvalue weighted by Gasteiger charge is -2.31. The van der Waals surface area contributed by atoms with E-state index in [1.807, 2.05) is 0 Å². The standard InChI is InChI=1S/C9H15NO/c11-9-5-6-10-8-4-2-1-3-7(8)9/h7-8,10H,1-6H2/p+1/t7-,8+/m1/s1. The molecule has 2 N–H and O–H groups in total. The van der Waals surface area contributed by atoms with Crippen LogP contribution in [0.3, 0.4) is 0 Å². The largest absolute Gasteiger partial charge is 0.343 e. The second-order valence-electron chi connectivity index (χ2n) is 3.80. The number of hydrogen-bond acceptors (Lipinski definition) is 1. The van der Waals surface area contributed by atoms with Crippen LogP contribution in [0.5, 0.6) is 0 Å². The smallest absolute Gasteiger partial charge is 0.147 e. The summed E-state index contributed by atoms with van der Waals surface area (Å²) >= 11 is 0. The van der Waals surface area contributed by atoms with Gasteiger partial charge in [-0.25, -0.2) is 0 Å². The number of hydrogen-bond donors (Lipinski definition) is 1. The topological polar surface area (TPSA) is 33.7 Å².